The van der Waals surface area contributed by atoms with Crippen molar-refractivity contribution in [1.29, 1.82) is 0 Å². The van der Waals surface area contributed by atoms with Crippen molar-refractivity contribution in [2.75, 3.05) is 12.3 Å². The fraction of sp³-hybridized carbons (Fsp3) is 0.273. The standard InChI is InChI=1S/C11H14BrFN2O2S/c1-6-4-9(13)10(14)8(3)11(6)18(16,17)15-5-7(2)12/h4,15H,2,5,14H2,1,3H3. The van der Waals surface area contributed by atoms with E-state index in [-0.39, 0.29) is 22.7 Å². The van der Waals surface area contributed by atoms with Gasteiger partial charge in [0.1, 0.15) is 5.82 Å². The molecule has 0 unspecified atom stereocenters. The molecule has 0 aliphatic rings. The van der Waals surface area contributed by atoms with E-state index < -0.39 is 15.8 Å². The van der Waals surface area contributed by atoms with Crippen LogP contribution in [0.3, 0.4) is 0 Å². The van der Waals surface area contributed by atoms with Crippen molar-refractivity contribution in [3.63, 3.8) is 0 Å². The Bertz CT molecular complexity index is 600. The lowest BCUT2D eigenvalue weighted by Gasteiger charge is -2.14. The highest BCUT2D eigenvalue weighted by Gasteiger charge is 2.22. The Morgan fingerprint density at radius 2 is 2.11 bits per heavy atom. The highest BCUT2D eigenvalue weighted by molar-refractivity contribution is 9.11. The molecule has 0 heterocycles. The second kappa shape index (κ2) is 5.38. The molecule has 0 saturated carbocycles. The molecule has 0 bridgehead atoms. The number of rotatable bonds is 4. The molecule has 1 aromatic carbocycles. The van der Waals surface area contributed by atoms with E-state index in [9.17, 15) is 12.8 Å². The summed E-state index contributed by atoms with van der Waals surface area (Å²) in [7, 11) is -3.74. The third kappa shape index (κ3) is 3.09. The van der Waals surface area contributed by atoms with Crippen LogP contribution in [0.4, 0.5) is 10.1 Å². The van der Waals surface area contributed by atoms with Crippen molar-refractivity contribution in [2.45, 2.75) is 18.7 Å². The third-order valence-electron chi connectivity index (χ3n) is 2.43. The van der Waals surface area contributed by atoms with Crippen LogP contribution >= 0.6 is 15.9 Å². The van der Waals surface area contributed by atoms with Crippen molar-refractivity contribution in [3.8, 4) is 0 Å². The molecule has 7 heteroatoms. The molecule has 0 aliphatic heterocycles. The maximum atomic E-state index is 13.4. The van der Waals surface area contributed by atoms with Gasteiger partial charge in [-0.05, 0) is 31.0 Å². The van der Waals surface area contributed by atoms with Gasteiger partial charge in [0.25, 0.3) is 0 Å². The van der Waals surface area contributed by atoms with Crippen LogP contribution in [0.15, 0.2) is 22.0 Å². The molecule has 1 rings (SSSR count). The van der Waals surface area contributed by atoms with Crippen molar-refractivity contribution >= 4 is 31.6 Å². The van der Waals surface area contributed by atoms with Crippen molar-refractivity contribution in [1.82, 2.24) is 4.72 Å². The lowest BCUT2D eigenvalue weighted by Crippen LogP contribution is -2.26. The molecule has 1 aromatic rings. The van der Waals surface area contributed by atoms with Crippen molar-refractivity contribution in [3.05, 3.63) is 34.1 Å². The van der Waals surface area contributed by atoms with E-state index >= 15 is 0 Å². The van der Waals surface area contributed by atoms with Crippen LogP contribution in [-0.4, -0.2) is 15.0 Å². The summed E-state index contributed by atoms with van der Waals surface area (Å²) in [4.78, 5) is 0.00940. The SMILES string of the molecule is C=C(Br)CNS(=O)(=O)c1c(C)cc(F)c(N)c1C. The number of nitrogens with one attached hydrogen (secondary N) is 1. The summed E-state index contributed by atoms with van der Waals surface area (Å²) < 4.78 is 40.4. The highest BCUT2D eigenvalue weighted by Crippen LogP contribution is 2.27. The summed E-state index contributed by atoms with van der Waals surface area (Å²) in [5.74, 6) is -0.617. The van der Waals surface area contributed by atoms with Gasteiger partial charge in [-0.15, -0.1) is 0 Å². The van der Waals surface area contributed by atoms with Gasteiger partial charge >= 0.3 is 0 Å². The Kier molecular flexibility index (Phi) is 4.52. The fourth-order valence-corrected chi connectivity index (χ4v) is 3.42. The molecular formula is C11H14BrFN2O2S. The molecule has 0 amide bonds. The average molecular weight is 337 g/mol. The first-order valence-corrected chi connectivity index (χ1v) is 7.32. The topological polar surface area (TPSA) is 72.2 Å². The van der Waals surface area contributed by atoms with Crippen LogP contribution in [0.1, 0.15) is 11.1 Å². The second-order valence-corrected chi connectivity index (χ2v) is 6.71. The number of sulfonamides is 1. The van der Waals surface area contributed by atoms with Crippen LogP contribution in [0.25, 0.3) is 0 Å². The van der Waals surface area contributed by atoms with Crippen LogP contribution in [0.2, 0.25) is 0 Å². The Labute approximate surface area is 114 Å². The molecule has 100 valence electrons. The zero-order chi connectivity index (χ0) is 14.1. The van der Waals surface area contributed by atoms with E-state index in [4.69, 9.17) is 5.73 Å². The molecule has 3 N–H and O–H groups in total. The van der Waals surface area contributed by atoms with Gasteiger partial charge < -0.3 is 5.73 Å². The third-order valence-corrected chi connectivity index (χ3v) is 4.40. The van der Waals surface area contributed by atoms with Crippen LogP contribution in [0.5, 0.6) is 0 Å². The molecule has 0 aromatic heterocycles. The average Bonchev–Trinajstić information content (AvgIpc) is 2.23. The van der Waals surface area contributed by atoms with Gasteiger partial charge in [0.15, 0.2) is 0 Å². The first-order valence-electron chi connectivity index (χ1n) is 5.05. The van der Waals surface area contributed by atoms with Gasteiger partial charge in [0.2, 0.25) is 10.0 Å². The number of nitrogen functional groups attached to an aromatic ring is 1. The molecule has 4 nitrogen and oxygen atoms in total. The summed E-state index contributed by atoms with van der Waals surface area (Å²) >= 11 is 3.06. The quantitative estimate of drug-likeness (QED) is 0.828. The summed E-state index contributed by atoms with van der Waals surface area (Å²) in [6.45, 7) is 6.58. The Balaban J connectivity index is 3.33. The first-order chi connectivity index (χ1) is 8.16. The van der Waals surface area contributed by atoms with Gasteiger partial charge in [0, 0.05) is 11.0 Å². The molecular weight excluding hydrogens is 323 g/mol. The molecule has 0 atom stereocenters. The van der Waals surface area contributed by atoms with Gasteiger partial charge in [-0.2, -0.15) is 0 Å². The van der Waals surface area contributed by atoms with Crippen LogP contribution < -0.4 is 10.5 Å². The van der Waals surface area contributed by atoms with E-state index in [1.807, 2.05) is 0 Å². The number of hydrogen-bond acceptors (Lipinski definition) is 3. The van der Waals surface area contributed by atoms with E-state index in [0.29, 0.717) is 10.0 Å². The summed E-state index contributed by atoms with van der Waals surface area (Å²) in [5.41, 5.74) is 5.88. The predicted molar refractivity (Wildman–Crippen MR) is 73.5 cm³/mol. The molecule has 0 fully saturated rings. The first kappa shape index (κ1) is 15.1. The molecule has 0 saturated heterocycles. The molecule has 18 heavy (non-hydrogen) atoms. The lowest BCUT2D eigenvalue weighted by atomic mass is 10.1. The molecule has 0 spiro atoms. The van der Waals surface area contributed by atoms with Crippen LogP contribution in [0, 0.1) is 19.7 Å². The van der Waals surface area contributed by atoms with E-state index in [1.165, 1.54) is 13.8 Å². The van der Waals surface area contributed by atoms with Gasteiger partial charge in [-0.3, -0.25) is 0 Å². The van der Waals surface area contributed by atoms with E-state index in [2.05, 4.69) is 27.2 Å². The Morgan fingerprint density at radius 1 is 1.56 bits per heavy atom. The maximum Gasteiger partial charge on any atom is 0.241 e. The number of hydrogen-bond donors (Lipinski definition) is 2. The summed E-state index contributed by atoms with van der Waals surface area (Å²) in [5, 5.41) is 0. The molecule has 0 radical (unpaired) electrons. The smallest absolute Gasteiger partial charge is 0.241 e. The second-order valence-electron chi connectivity index (χ2n) is 3.88. The predicted octanol–water partition coefficient (Wildman–Crippen LogP) is 2.21. The highest BCUT2D eigenvalue weighted by atomic mass is 79.9. The number of aryl methyl sites for hydroxylation is 1. The summed E-state index contributed by atoms with van der Waals surface area (Å²) in [6, 6.07) is 1.11. The zero-order valence-corrected chi connectivity index (χ0v) is 12.5. The van der Waals surface area contributed by atoms with Gasteiger partial charge in [-0.1, -0.05) is 22.5 Å². The van der Waals surface area contributed by atoms with Gasteiger partial charge in [0.05, 0.1) is 10.6 Å². The molecule has 0 aliphatic carbocycles. The summed E-state index contributed by atoms with van der Waals surface area (Å²) in [6.07, 6.45) is 0. The lowest BCUT2D eigenvalue weighted by molar-refractivity contribution is 0.583. The number of nitrogens with two attached hydrogens (primary N) is 1. The zero-order valence-electron chi connectivity index (χ0n) is 10.0. The van der Waals surface area contributed by atoms with Crippen molar-refractivity contribution < 1.29 is 12.8 Å². The number of benzene rings is 1. The Morgan fingerprint density at radius 3 is 2.61 bits per heavy atom. The van der Waals surface area contributed by atoms with Crippen molar-refractivity contribution in [2.24, 2.45) is 0 Å². The van der Waals surface area contributed by atoms with E-state index in [0.717, 1.165) is 6.07 Å². The maximum absolute atomic E-state index is 13.4. The minimum Gasteiger partial charge on any atom is -0.396 e. The monoisotopic (exact) mass is 336 g/mol. The minimum absolute atomic E-state index is 0.00940. The Hall–Kier alpha value is -0.920. The van der Waals surface area contributed by atoms with Crippen LogP contribution in [-0.2, 0) is 10.0 Å². The number of halogens is 2. The fourth-order valence-electron chi connectivity index (χ4n) is 1.59. The minimum atomic E-state index is -3.74. The normalized spacial score (nSPS) is 11.6. The largest absolute Gasteiger partial charge is 0.396 e. The van der Waals surface area contributed by atoms with E-state index in [1.54, 1.807) is 0 Å². The van der Waals surface area contributed by atoms with Gasteiger partial charge in [-0.25, -0.2) is 17.5 Å². The number of anilines is 1.